The predicted molar refractivity (Wildman–Crippen MR) is 116 cm³/mol. The van der Waals surface area contributed by atoms with E-state index in [0.717, 1.165) is 0 Å². The summed E-state index contributed by atoms with van der Waals surface area (Å²) < 4.78 is 0. The van der Waals surface area contributed by atoms with Crippen LogP contribution in [0.1, 0.15) is 32.3 Å². The molecular formula is C21H30N4O8. The Morgan fingerprint density at radius 2 is 1.58 bits per heavy atom. The molecule has 0 fully saturated rings. The van der Waals surface area contributed by atoms with Crippen molar-refractivity contribution in [2.24, 2.45) is 11.7 Å². The van der Waals surface area contributed by atoms with Crippen LogP contribution in [0.25, 0.3) is 0 Å². The molecule has 0 aromatic heterocycles. The predicted octanol–water partition coefficient (Wildman–Crippen LogP) is -1.05. The second kappa shape index (κ2) is 13.0. The summed E-state index contributed by atoms with van der Waals surface area (Å²) in [6.07, 6.45) is -0.586. The molecule has 33 heavy (non-hydrogen) atoms. The van der Waals surface area contributed by atoms with E-state index in [-0.39, 0.29) is 24.5 Å². The van der Waals surface area contributed by atoms with Gasteiger partial charge in [0, 0.05) is 6.42 Å². The van der Waals surface area contributed by atoms with E-state index in [9.17, 15) is 29.1 Å². The number of nitrogens with two attached hydrogens (primary N) is 1. The molecule has 0 bridgehead atoms. The van der Waals surface area contributed by atoms with Crippen LogP contribution in [0.15, 0.2) is 24.3 Å². The lowest BCUT2D eigenvalue weighted by atomic mass is 10.0. The fourth-order valence-corrected chi connectivity index (χ4v) is 2.82. The zero-order chi connectivity index (χ0) is 25.1. The van der Waals surface area contributed by atoms with Gasteiger partial charge < -0.3 is 37.0 Å². The van der Waals surface area contributed by atoms with E-state index in [4.69, 9.17) is 15.9 Å². The third-order valence-electron chi connectivity index (χ3n) is 4.68. The van der Waals surface area contributed by atoms with Crippen molar-refractivity contribution in [3.63, 3.8) is 0 Å². The van der Waals surface area contributed by atoms with Crippen molar-refractivity contribution in [2.45, 2.75) is 51.2 Å². The van der Waals surface area contributed by atoms with E-state index >= 15 is 0 Å². The maximum absolute atomic E-state index is 12.5. The Bertz CT molecular complexity index is 856. The lowest BCUT2D eigenvalue weighted by Gasteiger charge is -2.23. The minimum Gasteiger partial charge on any atom is -0.508 e. The number of hydrogen-bond donors (Lipinski definition) is 7. The lowest BCUT2D eigenvalue weighted by molar-refractivity contribution is -0.143. The number of carboxylic acids is 2. The highest BCUT2D eigenvalue weighted by molar-refractivity contribution is 5.92. The lowest BCUT2D eigenvalue weighted by Crippen LogP contribution is -2.55. The van der Waals surface area contributed by atoms with Crippen LogP contribution in [-0.2, 0) is 30.4 Å². The van der Waals surface area contributed by atoms with Gasteiger partial charge in [-0.3, -0.25) is 19.2 Å². The maximum Gasteiger partial charge on any atom is 0.326 e. The minimum absolute atomic E-state index is 0.0777. The number of phenols is 1. The number of aliphatic carboxylic acids is 2. The van der Waals surface area contributed by atoms with Crippen molar-refractivity contribution in [3.05, 3.63) is 29.8 Å². The molecule has 0 aliphatic carbocycles. The van der Waals surface area contributed by atoms with E-state index in [1.165, 1.54) is 12.1 Å². The second-order valence-corrected chi connectivity index (χ2v) is 7.82. The number of aromatic hydroxyl groups is 1. The average molecular weight is 466 g/mol. The highest BCUT2D eigenvalue weighted by atomic mass is 16.4. The van der Waals surface area contributed by atoms with Crippen molar-refractivity contribution in [1.29, 1.82) is 0 Å². The number of carbonyl (C=O) groups is 5. The molecule has 0 spiro atoms. The number of rotatable bonds is 13. The summed E-state index contributed by atoms with van der Waals surface area (Å²) in [7, 11) is 0. The Balaban J connectivity index is 2.62. The van der Waals surface area contributed by atoms with Gasteiger partial charge in [0.05, 0.1) is 12.6 Å². The molecule has 3 amide bonds. The van der Waals surface area contributed by atoms with Gasteiger partial charge in [-0.1, -0.05) is 26.0 Å². The molecule has 12 nitrogen and oxygen atoms in total. The van der Waals surface area contributed by atoms with Crippen molar-refractivity contribution >= 4 is 29.7 Å². The monoisotopic (exact) mass is 466 g/mol. The Kier molecular flexibility index (Phi) is 10.8. The number of amides is 3. The summed E-state index contributed by atoms with van der Waals surface area (Å²) in [5, 5.41) is 34.1. The average Bonchev–Trinajstić information content (AvgIpc) is 2.73. The molecule has 1 rings (SSSR count). The van der Waals surface area contributed by atoms with Crippen LogP contribution in [0.2, 0.25) is 0 Å². The number of phenolic OH excluding ortho intramolecular Hbond substituents is 1. The van der Waals surface area contributed by atoms with Gasteiger partial charge in [0.25, 0.3) is 0 Å². The first-order valence-electron chi connectivity index (χ1n) is 10.3. The fraction of sp³-hybridized carbons (Fsp3) is 0.476. The Labute approximate surface area is 190 Å². The van der Waals surface area contributed by atoms with E-state index in [1.54, 1.807) is 26.0 Å². The largest absolute Gasteiger partial charge is 0.508 e. The fourth-order valence-electron chi connectivity index (χ4n) is 2.82. The van der Waals surface area contributed by atoms with E-state index < -0.39 is 60.8 Å². The van der Waals surface area contributed by atoms with Crippen molar-refractivity contribution < 1.29 is 39.3 Å². The summed E-state index contributed by atoms with van der Waals surface area (Å²) in [5.74, 6) is -4.94. The third kappa shape index (κ3) is 9.99. The van der Waals surface area contributed by atoms with Gasteiger partial charge in [-0.15, -0.1) is 0 Å². The van der Waals surface area contributed by atoms with E-state index in [1.807, 2.05) is 0 Å². The molecule has 0 heterocycles. The van der Waals surface area contributed by atoms with Gasteiger partial charge in [0.1, 0.15) is 17.8 Å². The van der Waals surface area contributed by atoms with Crippen LogP contribution in [0.5, 0.6) is 5.75 Å². The number of carboxylic acid groups (broad SMARTS) is 2. The highest BCUT2D eigenvalue weighted by Crippen LogP contribution is 2.11. The number of benzene rings is 1. The summed E-state index contributed by atoms with van der Waals surface area (Å²) in [5.41, 5.74) is 6.64. The summed E-state index contributed by atoms with van der Waals surface area (Å²) in [6, 6.07) is 2.79. The molecule has 3 unspecified atom stereocenters. The van der Waals surface area contributed by atoms with Crippen LogP contribution in [-0.4, -0.2) is 69.7 Å². The quantitative estimate of drug-likeness (QED) is 0.189. The summed E-state index contributed by atoms with van der Waals surface area (Å²) in [4.78, 5) is 58.7. The summed E-state index contributed by atoms with van der Waals surface area (Å²) in [6.45, 7) is 2.80. The van der Waals surface area contributed by atoms with Gasteiger partial charge in [-0.25, -0.2) is 4.79 Å². The molecule has 182 valence electrons. The Morgan fingerprint density at radius 1 is 0.970 bits per heavy atom. The van der Waals surface area contributed by atoms with Gasteiger partial charge in [-0.2, -0.15) is 0 Å². The van der Waals surface area contributed by atoms with Crippen molar-refractivity contribution in [3.8, 4) is 5.75 Å². The maximum atomic E-state index is 12.5. The zero-order valence-corrected chi connectivity index (χ0v) is 18.4. The molecule has 1 aromatic carbocycles. The van der Waals surface area contributed by atoms with Gasteiger partial charge in [0.2, 0.25) is 17.7 Å². The van der Waals surface area contributed by atoms with Crippen molar-refractivity contribution in [1.82, 2.24) is 16.0 Å². The first-order valence-corrected chi connectivity index (χ1v) is 10.3. The van der Waals surface area contributed by atoms with Gasteiger partial charge in [0.15, 0.2) is 0 Å². The first-order chi connectivity index (χ1) is 15.4. The summed E-state index contributed by atoms with van der Waals surface area (Å²) >= 11 is 0. The van der Waals surface area contributed by atoms with E-state index in [2.05, 4.69) is 16.0 Å². The van der Waals surface area contributed by atoms with Crippen LogP contribution < -0.4 is 21.7 Å². The normalized spacial score (nSPS) is 13.5. The van der Waals surface area contributed by atoms with Crippen LogP contribution in [0.3, 0.4) is 0 Å². The van der Waals surface area contributed by atoms with Crippen molar-refractivity contribution in [2.75, 3.05) is 6.54 Å². The van der Waals surface area contributed by atoms with Crippen LogP contribution >= 0.6 is 0 Å². The molecular weight excluding hydrogens is 436 g/mol. The standard InChI is InChI=1S/C21H30N4O8/c1-11(2)18(25-19(30)14(22)9-12-3-5-13(26)6-4-12)20(31)23-10-16(27)24-15(21(32)33)7-8-17(28)29/h3-6,11,14-15,18,26H,7-10,22H2,1-2H3,(H,23,31)(H,24,27)(H,25,30)(H,28,29)(H,32,33). The van der Waals surface area contributed by atoms with E-state index in [0.29, 0.717) is 5.56 Å². The zero-order valence-electron chi connectivity index (χ0n) is 18.4. The molecule has 12 heteroatoms. The number of nitrogens with one attached hydrogen (secondary N) is 3. The number of carbonyl (C=O) groups excluding carboxylic acids is 3. The Morgan fingerprint density at radius 3 is 2.09 bits per heavy atom. The second-order valence-electron chi connectivity index (χ2n) is 7.82. The molecule has 1 aromatic rings. The molecule has 3 atom stereocenters. The van der Waals surface area contributed by atoms with Gasteiger partial charge in [-0.05, 0) is 36.5 Å². The SMILES string of the molecule is CC(C)C(NC(=O)C(N)Cc1ccc(O)cc1)C(=O)NCC(=O)NC(CCC(=O)O)C(=O)O. The van der Waals surface area contributed by atoms with Crippen LogP contribution in [0.4, 0.5) is 0 Å². The first kappa shape index (κ1) is 27.4. The molecule has 8 N–H and O–H groups in total. The van der Waals surface area contributed by atoms with Crippen LogP contribution in [0, 0.1) is 5.92 Å². The number of hydrogen-bond acceptors (Lipinski definition) is 7. The smallest absolute Gasteiger partial charge is 0.326 e. The molecule has 0 saturated heterocycles. The molecule has 0 radical (unpaired) electrons. The Hall–Kier alpha value is -3.67. The highest BCUT2D eigenvalue weighted by Gasteiger charge is 2.27. The third-order valence-corrected chi connectivity index (χ3v) is 4.68. The minimum atomic E-state index is -1.41. The topological polar surface area (TPSA) is 208 Å². The molecule has 0 aliphatic rings. The van der Waals surface area contributed by atoms with Gasteiger partial charge >= 0.3 is 11.9 Å². The molecule has 0 aliphatic heterocycles. The molecule has 0 saturated carbocycles.